The highest BCUT2D eigenvalue weighted by Gasteiger charge is 2.28. The predicted octanol–water partition coefficient (Wildman–Crippen LogP) is 4.84. The molecule has 2 N–H and O–H groups in total. The van der Waals surface area contributed by atoms with E-state index >= 15 is 4.39 Å². The van der Waals surface area contributed by atoms with Crippen LogP contribution in [0.5, 0.6) is 5.75 Å². The number of rotatable bonds is 8. The number of carboxylic acid groups (broad SMARTS) is 1. The number of aromatic nitrogens is 1. The second-order valence-electron chi connectivity index (χ2n) is 10.1. The van der Waals surface area contributed by atoms with Crippen molar-refractivity contribution in [3.8, 4) is 11.4 Å². The van der Waals surface area contributed by atoms with Crippen molar-refractivity contribution in [3.63, 3.8) is 0 Å². The van der Waals surface area contributed by atoms with Gasteiger partial charge in [-0.3, -0.25) is 9.69 Å². The Morgan fingerprint density at radius 3 is 2.17 bits per heavy atom. The average Bonchev–Trinajstić information content (AvgIpc) is 2.97. The van der Waals surface area contributed by atoms with Crippen molar-refractivity contribution in [1.29, 1.82) is 0 Å². The number of piperazine rings is 1. The van der Waals surface area contributed by atoms with Gasteiger partial charge in [0.05, 0.1) is 11.1 Å². The molecule has 0 spiro atoms. The molecule has 3 aromatic carbocycles. The molecule has 0 amide bonds. The van der Waals surface area contributed by atoms with Crippen LogP contribution in [0.15, 0.2) is 65.6 Å². The number of para-hydroxylation sites is 1. The SMILES string of the molecule is CCN(CC)Cc1ccc(-n2cc(C(=O)O)c(=O)c3cc(F)c(N4CCN(c5ccccc5F)CC4)c(O)c32)cc1. The molecule has 8 nitrogen and oxygen atoms in total. The summed E-state index contributed by atoms with van der Waals surface area (Å²) in [6.45, 7) is 8.03. The molecule has 1 aliphatic heterocycles. The first kappa shape index (κ1) is 28.1. The number of aromatic carboxylic acids is 1. The number of halogens is 2. The molecule has 0 unspecified atom stereocenters. The van der Waals surface area contributed by atoms with Crippen LogP contribution in [0.1, 0.15) is 29.8 Å². The van der Waals surface area contributed by atoms with Gasteiger partial charge in [0.1, 0.15) is 22.6 Å². The molecule has 1 aromatic heterocycles. The minimum atomic E-state index is -1.45. The maximum Gasteiger partial charge on any atom is 0.341 e. The first-order chi connectivity index (χ1) is 19.7. The summed E-state index contributed by atoms with van der Waals surface area (Å²) in [7, 11) is 0. The highest BCUT2D eigenvalue weighted by Crippen LogP contribution is 2.39. The van der Waals surface area contributed by atoms with Crippen molar-refractivity contribution in [2.45, 2.75) is 20.4 Å². The molecule has 10 heteroatoms. The third-order valence-corrected chi connectivity index (χ3v) is 7.72. The summed E-state index contributed by atoms with van der Waals surface area (Å²) in [4.78, 5) is 30.8. The van der Waals surface area contributed by atoms with Crippen LogP contribution < -0.4 is 15.2 Å². The number of phenolic OH excluding ortho intramolecular Hbond substituents is 1. The van der Waals surface area contributed by atoms with Gasteiger partial charge in [-0.25, -0.2) is 13.6 Å². The Balaban J connectivity index is 1.57. The van der Waals surface area contributed by atoms with E-state index in [1.54, 1.807) is 35.2 Å². The van der Waals surface area contributed by atoms with E-state index in [1.807, 2.05) is 17.0 Å². The van der Waals surface area contributed by atoms with Gasteiger partial charge in [-0.15, -0.1) is 0 Å². The molecule has 2 heterocycles. The van der Waals surface area contributed by atoms with Gasteiger partial charge in [0.15, 0.2) is 11.6 Å². The minimum absolute atomic E-state index is 0.0180. The lowest BCUT2D eigenvalue weighted by atomic mass is 10.1. The number of carbonyl (C=O) groups is 1. The molecule has 5 rings (SSSR count). The molecule has 0 atom stereocenters. The van der Waals surface area contributed by atoms with E-state index in [2.05, 4.69) is 18.7 Å². The number of hydrogen-bond donors (Lipinski definition) is 2. The zero-order chi connectivity index (χ0) is 29.3. The van der Waals surface area contributed by atoms with Crippen molar-refractivity contribution in [1.82, 2.24) is 9.47 Å². The van der Waals surface area contributed by atoms with Crippen LogP contribution >= 0.6 is 0 Å². The lowest BCUT2D eigenvalue weighted by Crippen LogP contribution is -2.47. The molecule has 4 aromatic rings. The second kappa shape index (κ2) is 11.6. The second-order valence-corrected chi connectivity index (χ2v) is 10.1. The Morgan fingerprint density at radius 1 is 0.927 bits per heavy atom. The van der Waals surface area contributed by atoms with Crippen LogP contribution in [0.3, 0.4) is 0 Å². The van der Waals surface area contributed by atoms with Crippen LogP contribution in [0.25, 0.3) is 16.6 Å². The molecule has 0 radical (unpaired) electrons. The Morgan fingerprint density at radius 2 is 1.56 bits per heavy atom. The minimum Gasteiger partial charge on any atom is -0.504 e. The predicted molar refractivity (Wildman–Crippen MR) is 156 cm³/mol. The zero-order valence-corrected chi connectivity index (χ0v) is 23.0. The normalized spacial score (nSPS) is 13.8. The average molecular weight is 563 g/mol. The highest BCUT2D eigenvalue weighted by molar-refractivity contribution is 5.97. The third kappa shape index (κ3) is 5.35. The summed E-state index contributed by atoms with van der Waals surface area (Å²) in [5, 5.41) is 21.0. The number of carboxylic acids is 1. The smallest absolute Gasteiger partial charge is 0.341 e. The van der Waals surface area contributed by atoms with Crippen molar-refractivity contribution < 1.29 is 23.8 Å². The number of nitrogens with zero attached hydrogens (tertiary/aromatic N) is 4. The van der Waals surface area contributed by atoms with Gasteiger partial charge in [0, 0.05) is 44.6 Å². The van der Waals surface area contributed by atoms with Crippen molar-refractivity contribution in [2.75, 3.05) is 49.1 Å². The van der Waals surface area contributed by atoms with Gasteiger partial charge < -0.3 is 24.6 Å². The number of hydrogen-bond acceptors (Lipinski definition) is 6. The number of benzene rings is 3. The Labute approximate surface area is 236 Å². The van der Waals surface area contributed by atoms with Crippen LogP contribution in [0.4, 0.5) is 20.2 Å². The van der Waals surface area contributed by atoms with Gasteiger partial charge in [0.2, 0.25) is 5.43 Å². The Bertz CT molecular complexity index is 1640. The molecule has 0 saturated carbocycles. The fourth-order valence-corrected chi connectivity index (χ4v) is 5.43. The molecule has 1 aliphatic rings. The summed E-state index contributed by atoms with van der Waals surface area (Å²) < 4.78 is 31.3. The lowest BCUT2D eigenvalue weighted by Gasteiger charge is -2.38. The van der Waals surface area contributed by atoms with E-state index in [0.29, 0.717) is 37.6 Å². The molecule has 214 valence electrons. The van der Waals surface area contributed by atoms with Crippen LogP contribution in [0.2, 0.25) is 0 Å². The van der Waals surface area contributed by atoms with Gasteiger partial charge in [0.25, 0.3) is 0 Å². The van der Waals surface area contributed by atoms with Crippen LogP contribution in [0, 0.1) is 11.6 Å². The molecular formula is C31H32F2N4O4. The molecule has 1 fully saturated rings. The van der Waals surface area contributed by atoms with E-state index in [-0.39, 0.29) is 22.4 Å². The van der Waals surface area contributed by atoms with Gasteiger partial charge >= 0.3 is 5.97 Å². The monoisotopic (exact) mass is 562 g/mol. The van der Waals surface area contributed by atoms with E-state index < -0.39 is 28.5 Å². The fraction of sp³-hybridized carbons (Fsp3) is 0.290. The van der Waals surface area contributed by atoms with E-state index in [0.717, 1.165) is 31.3 Å². The standard InChI is InChI=1S/C31H32F2N4O4/c1-3-34(4-2)18-20-9-11-21(12-10-20)37-19-23(31(40)41)29(38)22-17-25(33)28(30(39)27(22)37)36-15-13-35(14-16-36)26-8-6-5-7-24(26)32/h5-12,17,19,39H,3-4,13-16,18H2,1-2H3,(H,40,41). The van der Waals surface area contributed by atoms with Gasteiger partial charge in [-0.1, -0.05) is 38.1 Å². The molecular weight excluding hydrogens is 530 g/mol. The van der Waals surface area contributed by atoms with Crippen LogP contribution in [-0.4, -0.2) is 64.9 Å². The first-order valence-electron chi connectivity index (χ1n) is 13.6. The first-order valence-corrected chi connectivity index (χ1v) is 13.6. The maximum atomic E-state index is 15.6. The quantitative estimate of drug-likeness (QED) is 0.318. The third-order valence-electron chi connectivity index (χ3n) is 7.72. The summed E-state index contributed by atoms with van der Waals surface area (Å²) >= 11 is 0. The Kier molecular flexibility index (Phi) is 7.94. The fourth-order valence-electron chi connectivity index (χ4n) is 5.43. The number of anilines is 2. The maximum absolute atomic E-state index is 15.6. The topological polar surface area (TPSA) is 89.2 Å². The van der Waals surface area contributed by atoms with E-state index in [9.17, 15) is 24.2 Å². The molecule has 41 heavy (non-hydrogen) atoms. The van der Waals surface area contributed by atoms with Gasteiger partial charge in [-0.2, -0.15) is 0 Å². The van der Waals surface area contributed by atoms with Crippen molar-refractivity contribution >= 4 is 28.2 Å². The van der Waals surface area contributed by atoms with Crippen molar-refractivity contribution in [3.05, 3.63) is 93.8 Å². The van der Waals surface area contributed by atoms with Crippen molar-refractivity contribution in [2.24, 2.45) is 0 Å². The lowest BCUT2D eigenvalue weighted by molar-refractivity contribution is 0.0695. The number of aromatic hydroxyl groups is 1. The summed E-state index contributed by atoms with van der Waals surface area (Å²) in [6.07, 6.45) is 1.17. The summed E-state index contributed by atoms with van der Waals surface area (Å²) in [6, 6.07) is 14.8. The summed E-state index contributed by atoms with van der Waals surface area (Å²) in [5.41, 5.74) is 0.532. The largest absolute Gasteiger partial charge is 0.504 e. The number of pyridine rings is 1. The number of fused-ring (bicyclic) bond motifs is 1. The van der Waals surface area contributed by atoms with E-state index in [4.69, 9.17) is 0 Å². The van der Waals surface area contributed by atoms with Gasteiger partial charge in [-0.05, 0) is 49.0 Å². The van der Waals surface area contributed by atoms with Crippen LogP contribution in [-0.2, 0) is 6.54 Å². The zero-order valence-electron chi connectivity index (χ0n) is 23.0. The summed E-state index contributed by atoms with van der Waals surface area (Å²) in [5.74, 6) is -3.09. The molecule has 0 bridgehead atoms. The Hall–Kier alpha value is -4.44. The number of phenols is 1. The molecule has 1 saturated heterocycles. The highest BCUT2D eigenvalue weighted by atomic mass is 19.1. The van der Waals surface area contributed by atoms with E-state index in [1.165, 1.54) is 16.8 Å². The molecule has 0 aliphatic carbocycles.